The van der Waals surface area contributed by atoms with E-state index in [9.17, 15) is 10.1 Å². The number of hydrogen-bond donors (Lipinski definition) is 1. The lowest BCUT2D eigenvalue weighted by molar-refractivity contribution is -0.387. The molecule has 0 aliphatic heterocycles. The molecule has 3 rings (SSSR count). The third kappa shape index (κ3) is 4.23. The molecule has 0 bridgehead atoms. The van der Waals surface area contributed by atoms with E-state index in [0.717, 1.165) is 10.5 Å². The number of nitrogens with one attached hydrogen (secondary N) is 1. The van der Waals surface area contributed by atoms with Crippen LogP contribution in [0.2, 0.25) is 5.02 Å². The van der Waals surface area contributed by atoms with Gasteiger partial charge in [0.25, 0.3) is 0 Å². The molecule has 3 aromatic rings. The standard InChI is InChI=1S/C16H12ClN5O2S/c1-10-2-5-12(6-3-10)25-16-14(22(23)24)15(19-9-20-16)21-13-7-4-11(17)8-18-13/h2-9H,1H3,(H,18,19,20,21). The Bertz CT molecular complexity index is 838. The van der Waals surface area contributed by atoms with Crippen molar-refractivity contribution in [3.8, 4) is 0 Å². The molecule has 0 spiro atoms. The molecule has 126 valence electrons. The topological polar surface area (TPSA) is 93.8 Å². The van der Waals surface area contributed by atoms with Crippen LogP contribution in [0.1, 0.15) is 5.56 Å². The summed E-state index contributed by atoms with van der Waals surface area (Å²) in [6.07, 6.45) is 2.72. The first-order chi connectivity index (χ1) is 12.0. The van der Waals surface area contributed by atoms with Gasteiger partial charge in [0, 0.05) is 11.1 Å². The van der Waals surface area contributed by atoms with E-state index < -0.39 is 4.92 Å². The first kappa shape index (κ1) is 17.1. The van der Waals surface area contributed by atoms with Gasteiger partial charge in [-0.05, 0) is 31.2 Å². The molecule has 9 heteroatoms. The van der Waals surface area contributed by atoms with Crippen LogP contribution in [-0.4, -0.2) is 19.9 Å². The molecule has 0 saturated heterocycles. The second kappa shape index (κ2) is 7.45. The van der Waals surface area contributed by atoms with E-state index >= 15 is 0 Å². The van der Waals surface area contributed by atoms with Crippen molar-refractivity contribution in [3.63, 3.8) is 0 Å². The van der Waals surface area contributed by atoms with Crippen molar-refractivity contribution in [1.29, 1.82) is 0 Å². The number of aromatic nitrogens is 3. The average molecular weight is 374 g/mol. The van der Waals surface area contributed by atoms with Crippen LogP contribution >= 0.6 is 23.4 Å². The number of hydrogen-bond acceptors (Lipinski definition) is 7. The quantitative estimate of drug-likeness (QED) is 0.395. The molecule has 0 aliphatic rings. The van der Waals surface area contributed by atoms with Crippen molar-refractivity contribution in [2.45, 2.75) is 16.8 Å². The van der Waals surface area contributed by atoms with Gasteiger partial charge in [-0.15, -0.1) is 0 Å². The number of halogens is 1. The normalized spacial score (nSPS) is 10.5. The zero-order valence-corrected chi connectivity index (χ0v) is 14.6. The minimum atomic E-state index is -0.505. The fourth-order valence-corrected chi connectivity index (χ4v) is 2.96. The van der Waals surface area contributed by atoms with E-state index in [-0.39, 0.29) is 16.5 Å². The highest BCUT2D eigenvalue weighted by Crippen LogP contribution is 2.37. The summed E-state index contributed by atoms with van der Waals surface area (Å²) in [5, 5.41) is 15.1. The van der Waals surface area contributed by atoms with E-state index in [4.69, 9.17) is 11.6 Å². The van der Waals surface area contributed by atoms with Crippen LogP contribution in [0, 0.1) is 17.0 Å². The predicted molar refractivity (Wildman–Crippen MR) is 96.5 cm³/mol. The number of anilines is 2. The van der Waals surface area contributed by atoms with E-state index in [1.807, 2.05) is 31.2 Å². The number of benzene rings is 1. The molecule has 0 radical (unpaired) electrons. The van der Waals surface area contributed by atoms with Gasteiger partial charge in [0.15, 0.2) is 5.03 Å². The Morgan fingerprint density at radius 3 is 2.52 bits per heavy atom. The van der Waals surface area contributed by atoms with Crippen molar-refractivity contribution in [2.75, 3.05) is 5.32 Å². The second-order valence-electron chi connectivity index (χ2n) is 5.03. The number of pyridine rings is 1. The number of nitro groups is 1. The van der Waals surface area contributed by atoms with Gasteiger partial charge in [-0.3, -0.25) is 10.1 Å². The third-order valence-electron chi connectivity index (χ3n) is 3.18. The van der Waals surface area contributed by atoms with Gasteiger partial charge < -0.3 is 5.32 Å². The third-order valence-corrected chi connectivity index (χ3v) is 4.40. The maximum absolute atomic E-state index is 11.6. The summed E-state index contributed by atoms with van der Waals surface area (Å²) in [7, 11) is 0. The Kier molecular flexibility index (Phi) is 5.11. The van der Waals surface area contributed by atoms with Crippen LogP contribution in [0.25, 0.3) is 0 Å². The summed E-state index contributed by atoms with van der Waals surface area (Å²) in [5.74, 6) is 0.474. The SMILES string of the molecule is Cc1ccc(Sc2ncnc(Nc3ccc(Cl)cn3)c2[N+](=O)[O-])cc1. The summed E-state index contributed by atoms with van der Waals surface area (Å²) < 4.78 is 0. The van der Waals surface area contributed by atoms with E-state index in [2.05, 4.69) is 20.3 Å². The van der Waals surface area contributed by atoms with Gasteiger partial charge in [-0.1, -0.05) is 41.1 Å². The minimum Gasteiger partial charge on any atom is -0.319 e. The molecule has 0 atom stereocenters. The van der Waals surface area contributed by atoms with Gasteiger partial charge in [0.2, 0.25) is 5.82 Å². The monoisotopic (exact) mass is 373 g/mol. The van der Waals surface area contributed by atoms with Crippen molar-refractivity contribution < 1.29 is 4.92 Å². The average Bonchev–Trinajstić information content (AvgIpc) is 2.59. The van der Waals surface area contributed by atoms with Crippen LogP contribution in [-0.2, 0) is 0 Å². The van der Waals surface area contributed by atoms with Crippen molar-refractivity contribution in [1.82, 2.24) is 15.0 Å². The molecule has 7 nitrogen and oxygen atoms in total. The van der Waals surface area contributed by atoms with Crippen LogP contribution in [0.3, 0.4) is 0 Å². The summed E-state index contributed by atoms with van der Waals surface area (Å²) in [6, 6.07) is 10.9. The largest absolute Gasteiger partial charge is 0.343 e. The maximum atomic E-state index is 11.6. The molecule has 1 aromatic carbocycles. The molecule has 0 amide bonds. The van der Waals surface area contributed by atoms with Gasteiger partial charge in [-0.25, -0.2) is 15.0 Å². The highest BCUT2D eigenvalue weighted by Gasteiger charge is 2.24. The molecular weight excluding hydrogens is 362 g/mol. The summed E-state index contributed by atoms with van der Waals surface area (Å²) >= 11 is 7.00. The Balaban J connectivity index is 1.94. The zero-order chi connectivity index (χ0) is 17.8. The molecule has 0 saturated carbocycles. The summed E-state index contributed by atoms with van der Waals surface area (Å²) in [5.41, 5.74) is 0.905. The van der Waals surface area contributed by atoms with Crippen molar-refractivity contribution in [2.24, 2.45) is 0 Å². The summed E-state index contributed by atoms with van der Waals surface area (Å²) in [4.78, 5) is 24.0. The Morgan fingerprint density at radius 1 is 1.12 bits per heavy atom. The summed E-state index contributed by atoms with van der Waals surface area (Å²) in [6.45, 7) is 1.97. The molecule has 0 unspecified atom stereocenters. The van der Waals surface area contributed by atoms with Gasteiger partial charge in [0.1, 0.15) is 12.1 Å². The fraction of sp³-hybridized carbons (Fsp3) is 0.0625. The first-order valence-corrected chi connectivity index (χ1v) is 8.35. The van der Waals surface area contributed by atoms with E-state index in [1.165, 1.54) is 24.3 Å². The Hall–Kier alpha value is -2.71. The van der Waals surface area contributed by atoms with Crippen LogP contribution in [0.5, 0.6) is 0 Å². The molecule has 2 aromatic heterocycles. The zero-order valence-electron chi connectivity index (χ0n) is 13.0. The Morgan fingerprint density at radius 2 is 1.88 bits per heavy atom. The van der Waals surface area contributed by atoms with Gasteiger partial charge in [-0.2, -0.15) is 0 Å². The van der Waals surface area contributed by atoms with Crippen LogP contribution < -0.4 is 5.32 Å². The lowest BCUT2D eigenvalue weighted by Gasteiger charge is -2.08. The molecule has 25 heavy (non-hydrogen) atoms. The number of nitrogens with zero attached hydrogens (tertiary/aromatic N) is 4. The number of rotatable bonds is 5. The van der Waals surface area contributed by atoms with Gasteiger partial charge in [0.05, 0.1) is 9.95 Å². The van der Waals surface area contributed by atoms with Crippen molar-refractivity contribution >= 4 is 40.7 Å². The minimum absolute atomic E-state index is 0.0736. The van der Waals surface area contributed by atoms with E-state index in [1.54, 1.807) is 12.1 Å². The van der Waals surface area contributed by atoms with Crippen LogP contribution in [0.4, 0.5) is 17.3 Å². The predicted octanol–water partition coefficient (Wildman–Crippen LogP) is 4.64. The molecule has 0 fully saturated rings. The first-order valence-electron chi connectivity index (χ1n) is 7.15. The molecule has 2 heterocycles. The Labute approximate surface area is 152 Å². The lowest BCUT2D eigenvalue weighted by atomic mass is 10.2. The lowest BCUT2D eigenvalue weighted by Crippen LogP contribution is -2.03. The van der Waals surface area contributed by atoms with Crippen molar-refractivity contribution in [3.05, 3.63) is 69.6 Å². The van der Waals surface area contributed by atoms with Gasteiger partial charge >= 0.3 is 5.69 Å². The molecular formula is C16H12ClN5O2S. The fourth-order valence-electron chi connectivity index (χ4n) is 1.98. The van der Waals surface area contributed by atoms with E-state index in [0.29, 0.717) is 10.8 Å². The molecule has 0 aliphatic carbocycles. The number of aryl methyl sites for hydroxylation is 1. The second-order valence-corrected chi connectivity index (χ2v) is 6.53. The maximum Gasteiger partial charge on any atom is 0.343 e. The smallest absolute Gasteiger partial charge is 0.319 e. The highest BCUT2D eigenvalue weighted by molar-refractivity contribution is 7.99. The highest BCUT2D eigenvalue weighted by atomic mass is 35.5. The molecule has 1 N–H and O–H groups in total. The van der Waals surface area contributed by atoms with Crippen LogP contribution in [0.15, 0.2) is 58.8 Å².